The largest absolute Gasteiger partial charge is 0.415 e. The Balaban J connectivity index is 1.86. The molecule has 1 spiro atoms. The number of allylic oxidation sites excluding steroid dienone is 1. The van der Waals surface area contributed by atoms with Crippen LogP contribution < -0.4 is 0 Å². The summed E-state index contributed by atoms with van der Waals surface area (Å²) in [7, 11) is 1.40. The van der Waals surface area contributed by atoms with Gasteiger partial charge in [0.15, 0.2) is 0 Å². The van der Waals surface area contributed by atoms with Gasteiger partial charge in [0.1, 0.15) is 0 Å². The van der Waals surface area contributed by atoms with Crippen molar-refractivity contribution in [3.05, 3.63) is 35.0 Å². The van der Waals surface area contributed by atoms with Crippen molar-refractivity contribution < 1.29 is 17.9 Å². The van der Waals surface area contributed by atoms with Crippen molar-refractivity contribution in [2.45, 2.75) is 38.0 Å². The molecular formula is C18H17F3N2O. The molecular weight excluding hydrogens is 317 g/mol. The van der Waals surface area contributed by atoms with E-state index in [2.05, 4.69) is 10.2 Å². The molecule has 2 unspecified atom stereocenters. The Morgan fingerprint density at radius 2 is 2.17 bits per heavy atom. The third-order valence-electron chi connectivity index (χ3n) is 6.24. The number of ether oxygens (including phenoxy) is 1. The van der Waals surface area contributed by atoms with Gasteiger partial charge in [0.25, 0.3) is 0 Å². The van der Waals surface area contributed by atoms with Crippen LogP contribution in [0.25, 0.3) is 16.5 Å². The van der Waals surface area contributed by atoms with Crippen molar-refractivity contribution in [2.75, 3.05) is 7.11 Å². The fraction of sp³-hybridized carbons (Fsp3) is 0.500. The topological polar surface area (TPSA) is 37.9 Å². The lowest BCUT2D eigenvalue weighted by atomic mass is 9.70. The molecule has 0 amide bonds. The maximum atomic E-state index is 14.0. The van der Waals surface area contributed by atoms with Crippen LogP contribution in [0, 0.1) is 11.3 Å². The van der Waals surface area contributed by atoms with E-state index < -0.39 is 17.9 Å². The van der Waals surface area contributed by atoms with Gasteiger partial charge in [-0.05, 0) is 54.4 Å². The van der Waals surface area contributed by atoms with Gasteiger partial charge in [-0.25, -0.2) is 0 Å². The number of aromatic amines is 1. The third kappa shape index (κ3) is 1.64. The Labute approximate surface area is 136 Å². The molecule has 1 heterocycles. The van der Waals surface area contributed by atoms with Gasteiger partial charge in [0.05, 0.1) is 23.4 Å². The summed E-state index contributed by atoms with van der Waals surface area (Å²) in [5.74, 6) is -0.0375. The summed E-state index contributed by atoms with van der Waals surface area (Å²) in [6.45, 7) is 0. The molecule has 1 N–H and O–H groups in total. The minimum Gasteiger partial charge on any atom is -0.376 e. The summed E-state index contributed by atoms with van der Waals surface area (Å²) in [5, 5.41) is 7.93. The van der Waals surface area contributed by atoms with Gasteiger partial charge in [-0.1, -0.05) is 6.07 Å². The summed E-state index contributed by atoms with van der Waals surface area (Å²) in [5.41, 5.74) is 2.32. The highest BCUT2D eigenvalue weighted by Gasteiger charge is 2.59. The van der Waals surface area contributed by atoms with E-state index in [4.69, 9.17) is 4.74 Å². The van der Waals surface area contributed by atoms with Crippen LogP contribution in [-0.2, 0) is 11.2 Å². The lowest BCUT2D eigenvalue weighted by molar-refractivity contribution is -0.115. The van der Waals surface area contributed by atoms with Gasteiger partial charge in [-0.3, -0.25) is 5.10 Å². The Morgan fingerprint density at radius 1 is 1.33 bits per heavy atom. The van der Waals surface area contributed by atoms with E-state index in [-0.39, 0.29) is 11.3 Å². The Hall–Kier alpha value is -1.82. The predicted octanol–water partition coefficient (Wildman–Crippen LogP) is 4.25. The normalized spacial score (nSPS) is 31.7. The van der Waals surface area contributed by atoms with Crippen molar-refractivity contribution in [1.29, 1.82) is 0 Å². The Kier molecular flexibility index (Phi) is 2.67. The second-order valence-corrected chi connectivity index (χ2v) is 7.33. The average Bonchev–Trinajstić information content (AvgIpc) is 3.21. The van der Waals surface area contributed by atoms with Crippen LogP contribution >= 0.6 is 0 Å². The number of methoxy groups -OCH3 is 1. The lowest BCUT2D eigenvalue weighted by Crippen LogP contribution is -2.38. The summed E-state index contributed by atoms with van der Waals surface area (Å²) in [6.07, 6.45) is -0.408. The van der Waals surface area contributed by atoms with E-state index in [1.165, 1.54) is 7.11 Å². The van der Waals surface area contributed by atoms with E-state index in [9.17, 15) is 13.2 Å². The van der Waals surface area contributed by atoms with Gasteiger partial charge in [0.2, 0.25) is 0 Å². The number of hydrogen-bond acceptors (Lipinski definition) is 2. The molecule has 0 aliphatic heterocycles. The molecule has 5 rings (SSSR count). The molecule has 0 saturated heterocycles. The molecule has 3 aliphatic carbocycles. The number of rotatable bonds is 1. The molecule has 1 saturated carbocycles. The fourth-order valence-electron chi connectivity index (χ4n) is 5.45. The van der Waals surface area contributed by atoms with Gasteiger partial charge in [-0.2, -0.15) is 18.3 Å². The number of fused-ring (bicyclic) bond motifs is 5. The third-order valence-corrected chi connectivity index (χ3v) is 6.24. The highest BCUT2D eigenvalue weighted by Crippen LogP contribution is 2.65. The number of aromatic nitrogens is 2. The Morgan fingerprint density at radius 3 is 2.92 bits per heavy atom. The second-order valence-electron chi connectivity index (χ2n) is 7.33. The van der Waals surface area contributed by atoms with Crippen molar-refractivity contribution >= 4 is 16.5 Å². The van der Waals surface area contributed by atoms with Crippen LogP contribution in [0.15, 0.2) is 23.9 Å². The molecule has 0 radical (unpaired) electrons. The smallest absolute Gasteiger partial charge is 0.376 e. The molecule has 126 valence electrons. The SMILES string of the molecule is CO[C@H]1C(C(F)(F)F)=C2c3ccc4[nH]ncc4c3CC23CCC1C3. The average molecular weight is 334 g/mol. The number of hydrogen-bond donors (Lipinski definition) is 1. The molecule has 1 fully saturated rings. The summed E-state index contributed by atoms with van der Waals surface area (Å²) in [6, 6.07) is 3.67. The molecule has 2 bridgehead atoms. The van der Waals surface area contributed by atoms with Gasteiger partial charge in [-0.15, -0.1) is 0 Å². The summed E-state index contributed by atoms with van der Waals surface area (Å²) >= 11 is 0. The molecule has 3 aliphatic rings. The fourth-order valence-corrected chi connectivity index (χ4v) is 5.45. The molecule has 1 aromatic carbocycles. The second kappa shape index (κ2) is 4.42. The Bertz CT molecular complexity index is 882. The number of halogens is 3. The molecule has 3 atom stereocenters. The number of benzene rings is 1. The molecule has 3 nitrogen and oxygen atoms in total. The van der Waals surface area contributed by atoms with Crippen molar-refractivity contribution in [3.8, 4) is 0 Å². The van der Waals surface area contributed by atoms with Gasteiger partial charge >= 0.3 is 6.18 Å². The molecule has 24 heavy (non-hydrogen) atoms. The number of H-pyrrole nitrogens is 1. The van der Waals surface area contributed by atoms with E-state index in [1.807, 2.05) is 12.1 Å². The van der Waals surface area contributed by atoms with Gasteiger partial charge in [0, 0.05) is 17.9 Å². The zero-order valence-corrected chi connectivity index (χ0v) is 13.2. The molecule has 1 aromatic heterocycles. The van der Waals surface area contributed by atoms with Crippen LogP contribution in [-0.4, -0.2) is 29.6 Å². The van der Waals surface area contributed by atoms with Crippen molar-refractivity contribution in [3.63, 3.8) is 0 Å². The van der Waals surface area contributed by atoms with Crippen LogP contribution in [0.2, 0.25) is 0 Å². The number of nitrogens with one attached hydrogen (secondary N) is 1. The standard InChI is InChI=1S/C18H17F3N2O/c1-24-16-9-4-5-17(6-9)7-11-10(14(17)15(16)18(19,20)21)2-3-13-12(11)8-22-23-13/h2-3,8-9,16H,4-7H2,1H3,(H,22,23)/t9?,16-,17?/m1/s1. The highest BCUT2D eigenvalue weighted by molar-refractivity contribution is 5.93. The zero-order valence-electron chi connectivity index (χ0n) is 13.2. The number of alkyl halides is 3. The van der Waals surface area contributed by atoms with Crippen molar-refractivity contribution in [2.24, 2.45) is 11.3 Å². The van der Waals surface area contributed by atoms with E-state index in [0.29, 0.717) is 12.0 Å². The molecule has 6 heteroatoms. The van der Waals surface area contributed by atoms with E-state index in [0.717, 1.165) is 41.3 Å². The summed E-state index contributed by atoms with van der Waals surface area (Å²) in [4.78, 5) is 0. The maximum absolute atomic E-state index is 14.0. The van der Waals surface area contributed by atoms with Gasteiger partial charge < -0.3 is 4.74 Å². The minimum absolute atomic E-state index is 0.0375. The summed E-state index contributed by atoms with van der Waals surface area (Å²) < 4.78 is 47.3. The van der Waals surface area contributed by atoms with E-state index >= 15 is 0 Å². The first kappa shape index (κ1) is 14.5. The lowest BCUT2D eigenvalue weighted by Gasteiger charge is -2.38. The highest BCUT2D eigenvalue weighted by atomic mass is 19.4. The predicted molar refractivity (Wildman–Crippen MR) is 83.3 cm³/mol. The van der Waals surface area contributed by atoms with Crippen LogP contribution in [0.3, 0.4) is 0 Å². The molecule has 2 aromatic rings. The van der Waals surface area contributed by atoms with E-state index in [1.54, 1.807) is 6.20 Å². The minimum atomic E-state index is -4.36. The van der Waals surface area contributed by atoms with Crippen LogP contribution in [0.1, 0.15) is 30.4 Å². The first-order valence-corrected chi connectivity index (χ1v) is 8.24. The monoisotopic (exact) mass is 334 g/mol. The maximum Gasteiger partial charge on any atom is 0.415 e. The number of nitrogens with zero attached hydrogens (tertiary/aromatic N) is 1. The van der Waals surface area contributed by atoms with Crippen LogP contribution in [0.5, 0.6) is 0 Å². The quantitative estimate of drug-likeness (QED) is 0.847. The first-order chi connectivity index (χ1) is 11.4. The van der Waals surface area contributed by atoms with Crippen molar-refractivity contribution in [1.82, 2.24) is 10.2 Å². The van der Waals surface area contributed by atoms with Crippen LogP contribution in [0.4, 0.5) is 13.2 Å². The zero-order chi connectivity index (χ0) is 16.7. The first-order valence-electron chi connectivity index (χ1n) is 8.24.